The summed E-state index contributed by atoms with van der Waals surface area (Å²) < 4.78 is 7.68. The summed E-state index contributed by atoms with van der Waals surface area (Å²) in [6, 6.07) is 12.0. The molecule has 1 aliphatic carbocycles. The zero-order chi connectivity index (χ0) is 14.0. The molecule has 1 fully saturated rings. The molecule has 1 unspecified atom stereocenters. The van der Waals surface area contributed by atoms with Crippen molar-refractivity contribution in [2.24, 2.45) is 5.84 Å². The Morgan fingerprint density at radius 2 is 2.05 bits per heavy atom. The van der Waals surface area contributed by atoms with Crippen LogP contribution in [0.1, 0.15) is 31.0 Å². The molecule has 106 valence electrons. The van der Waals surface area contributed by atoms with Crippen molar-refractivity contribution in [3.63, 3.8) is 0 Å². The lowest BCUT2D eigenvalue weighted by Crippen LogP contribution is -2.53. The number of aromatic nitrogens is 2. The van der Waals surface area contributed by atoms with E-state index in [1.54, 1.807) is 13.3 Å². The number of ether oxygens (including phenoxy) is 1. The van der Waals surface area contributed by atoms with Crippen LogP contribution < -0.4 is 11.3 Å². The Hall–Kier alpha value is -1.69. The van der Waals surface area contributed by atoms with Crippen LogP contribution in [0.3, 0.4) is 0 Å². The van der Waals surface area contributed by atoms with Gasteiger partial charge in [-0.3, -0.25) is 5.84 Å². The lowest BCUT2D eigenvalue weighted by molar-refractivity contribution is -0.101. The summed E-state index contributed by atoms with van der Waals surface area (Å²) in [5.41, 5.74) is 4.76. The van der Waals surface area contributed by atoms with E-state index in [1.165, 1.54) is 6.42 Å². The first-order valence-electron chi connectivity index (χ1n) is 6.91. The predicted molar refractivity (Wildman–Crippen MR) is 77.2 cm³/mol. The Balaban J connectivity index is 2.00. The molecule has 5 heteroatoms. The number of para-hydroxylation sites is 1. The van der Waals surface area contributed by atoms with Crippen LogP contribution in [-0.2, 0) is 4.74 Å². The van der Waals surface area contributed by atoms with Crippen LogP contribution in [0.4, 0.5) is 0 Å². The number of nitrogens with zero attached hydrogens (tertiary/aromatic N) is 2. The van der Waals surface area contributed by atoms with E-state index in [1.807, 2.05) is 41.1 Å². The number of methoxy groups -OCH3 is 1. The van der Waals surface area contributed by atoms with Crippen molar-refractivity contribution in [1.29, 1.82) is 0 Å². The number of hydrogen-bond acceptors (Lipinski definition) is 4. The van der Waals surface area contributed by atoms with E-state index >= 15 is 0 Å². The second kappa shape index (κ2) is 5.36. The van der Waals surface area contributed by atoms with Gasteiger partial charge in [0.15, 0.2) is 0 Å². The average Bonchev–Trinajstić information content (AvgIpc) is 2.92. The third-order valence-corrected chi connectivity index (χ3v) is 4.27. The van der Waals surface area contributed by atoms with Gasteiger partial charge >= 0.3 is 0 Å². The molecule has 0 spiro atoms. The van der Waals surface area contributed by atoms with E-state index in [2.05, 4.69) is 10.5 Å². The summed E-state index contributed by atoms with van der Waals surface area (Å²) in [7, 11) is 1.76. The Kier molecular flexibility index (Phi) is 3.56. The molecule has 0 bridgehead atoms. The number of benzene rings is 1. The zero-order valence-electron chi connectivity index (χ0n) is 11.6. The molecule has 1 atom stereocenters. The fourth-order valence-corrected chi connectivity index (χ4v) is 2.96. The van der Waals surface area contributed by atoms with E-state index in [-0.39, 0.29) is 11.6 Å². The van der Waals surface area contributed by atoms with Gasteiger partial charge in [0, 0.05) is 13.3 Å². The maximum absolute atomic E-state index is 5.81. The van der Waals surface area contributed by atoms with Gasteiger partial charge in [-0.25, -0.2) is 10.1 Å². The first-order valence-corrected chi connectivity index (χ1v) is 6.91. The standard InChI is InChI=1S/C15H20N4O/c1-20-15(9-5-10-15)14(18-16)13-8-11-17-19(13)12-6-3-2-4-7-12/h2-4,6-8,11,14,18H,5,9-10,16H2,1H3. The van der Waals surface area contributed by atoms with Gasteiger partial charge in [-0.15, -0.1) is 0 Å². The van der Waals surface area contributed by atoms with Crippen LogP contribution in [0.25, 0.3) is 5.69 Å². The largest absolute Gasteiger partial charge is 0.376 e. The Bertz CT molecular complexity index is 557. The summed E-state index contributed by atoms with van der Waals surface area (Å²) in [6.07, 6.45) is 5.00. The highest BCUT2D eigenvalue weighted by Gasteiger charge is 2.46. The number of hydrogen-bond donors (Lipinski definition) is 2. The minimum absolute atomic E-state index is 0.0658. The lowest BCUT2D eigenvalue weighted by Gasteiger charge is -2.46. The van der Waals surface area contributed by atoms with Gasteiger partial charge in [0.25, 0.3) is 0 Å². The van der Waals surface area contributed by atoms with Gasteiger partial charge in [0.05, 0.1) is 23.0 Å². The van der Waals surface area contributed by atoms with Crippen LogP contribution in [0.5, 0.6) is 0 Å². The molecular formula is C15H20N4O. The van der Waals surface area contributed by atoms with Crippen LogP contribution in [-0.4, -0.2) is 22.5 Å². The second-order valence-corrected chi connectivity index (χ2v) is 5.23. The summed E-state index contributed by atoms with van der Waals surface area (Å²) >= 11 is 0. The molecule has 1 aliphatic rings. The molecule has 1 aromatic heterocycles. The van der Waals surface area contributed by atoms with E-state index in [4.69, 9.17) is 10.6 Å². The van der Waals surface area contributed by atoms with Gasteiger partial charge in [0.2, 0.25) is 0 Å². The van der Waals surface area contributed by atoms with E-state index in [9.17, 15) is 0 Å². The monoisotopic (exact) mass is 272 g/mol. The van der Waals surface area contributed by atoms with Gasteiger partial charge in [-0.1, -0.05) is 18.2 Å². The molecule has 1 aromatic carbocycles. The van der Waals surface area contributed by atoms with Crippen molar-refractivity contribution in [3.05, 3.63) is 48.3 Å². The Morgan fingerprint density at radius 1 is 1.30 bits per heavy atom. The van der Waals surface area contributed by atoms with Crippen molar-refractivity contribution in [1.82, 2.24) is 15.2 Å². The minimum atomic E-state index is -0.221. The van der Waals surface area contributed by atoms with Gasteiger partial charge in [-0.05, 0) is 37.5 Å². The third kappa shape index (κ3) is 2.04. The molecule has 0 amide bonds. The molecule has 1 saturated carbocycles. The summed E-state index contributed by atoms with van der Waals surface area (Å²) in [5, 5.41) is 4.43. The molecule has 20 heavy (non-hydrogen) atoms. The maximum Gasteiger partial charge on any atom is 0.0922 e. The first-order chi connectivity index (χ1) is 9.80. The molecule has 0 saturated heterocycles. The molecule has 2 aromatic rings. The van der Waals surface area contributed by atoms with Crippen LogP contribution >= 0.6 is 0 Å². The molecule has 1 heterocycles. The fourth-order valence-electron chi connectivity index (χ4n) is 2.96. The highest BCUT2D eigenvalue weighted by atomic mass is 16.5. The SMILES string of the molecule is COC1(C(NN)c2ccnn2-c2ccccc2)CCC1. The number of nitrogens with two attached hydrogens (primary N) is 1. The lowest BCUT2D eigenvalue weighted by atomic mass is 9.73. The smallest absolute Gasteiger partial charge is 0.0922 e. The van der Waals surface area contributed by atoms with Crippen molar-refractivity contribution in [3.8, 4) is 5.69 Å². The highest BCUT2D eigenvalue weighted by Crippen LogP contribution is 2.44. The highest BCUT2D eigenvalue weighted by molar-refractivity contribution is 5.34. The van der Waals surface area contributed by atoms with Gasteiger partial charge < -0.3 is 4.74 Å². The molecule has 3 N–H and O–H groups in total. The summed E-state index contributed by atoms with van der Waals surface area (Å²) in [4.78, 5) is 0. The maximum atomic E-state index is 5.81. The fraction of sp³-hybridized carbons (Fsp3) is 0.400. The second-order valence-electron chi connectivity index (χ2n) is 5.23. The van der Waals surface area contributed by atoms with E-state index < -0.39 is 0 Å². The number of rotatable bonds is 5. The normalized spacial score (nSPS) is 18.5. The molecule has 3 rings (SSSR count). The summed E-state index contributed by atoms with van der Waals surface area (Å²) in [6.45, 7) is 0. The topological polar surface area (TPSA) is 65.1 Å². The molecule has 0 radical (unpaired) electrons. The van der Waals surface area contributed by atoms with Crippen LogP contribution in [0.2, 0.25) is 0 Å². The van der Waals surface area contributed by atoms with Crippen molar-refractivity contribution >= 4 is 0 Å². The van der Waals surface area contributed by atoms with E-state index in [0.29, 0.717) is 0 Å². The van der Waals surface area contributed by atoms with Crippen molar-refractivity contribution in [2.45, 2.75) is 30.9 Å². The minimum Gasteiger partial charge on any atom is -0.376 e. The molecular weight excluding hydrogens is 252 g/mol. The number of nitrogens with one attached hydrogen (secondary N) is 1. The predicted octanol–water partition coefficient (Wildman–Crippen LogP) is 1.95. The summed E-state index contributed by atoms with van der Waals surface area (Å²) in [5.74, 6) is 5.81. The Morgan fingerprint density at radius 3 is 2.60 bits per heavy atom. The van der Waals surface area contributed by atoms with Crippen LogP contribution in [0.15, 0.2) is 42.6 Å². The zero-order valence-corrected chi connectivity index (χ0v) is 11.6. The molecule has 5 nitrogen and oxygen atoms in total. The third-order valence-electron chi connectivity index (χ3n) is 4.27. The van der Waals surface area contributed by atoms with Gasteiger partial charge in [0.1, 0.15) is 0 Å². The van der Waals surface area contributed by atoms with Crippen molar-refractivity contribution < 1.29 is 4.74 Å². The first kappa shape index (κ1) is 13.3. The van der Waals surface area contributed by atoms with E-state index in [0.717, 1.165) is 24.2 Å². The van der Waals surface area contributed by atoms with Gasteiger partial charge in [-0.2, -0.15) is 5.10 Å². The molecule has 0 aliphatic heterocycles. The quantitative estimate of drug-likeness (QED) is 0.645. The number of hydrazine groups is 1. The Labute approximate surface area is 118 Å². The van der Waals surface area contributed by atoms with Crippen LogP contribution in [0, 0.1) is 0 Å². The van der Waals surface area contributed by atoms with Crippen molar-refractivity contribution in [2.75, 3.05) is 7.11 Å². The average molecular weight is 272 g/mol.